The zero-order chi connectivity index (χ0) is 14.5. The van der Waals surface area contributed by atoms with Gasteiger partial charge in [-0.2, -0.15) is 0 Å². The van der Waals surface area contributed by atoms with Gasteiger partial charge >= 0.3 is 6.09 Å². The van der Waals surface area contributed by atoms with Gasteiger partial charge in [0.25, 0.3) is 0 Å². The molecule has 1 N–H and O–H groups in total. The van der Waals surface area contributed by atoms with E-state index in [4.69, 9.17) is 9.47 Å². The molecule has 5 nitrogen and oxygen atoms in total. The third-order valence-corrected chi connectivity index (χ3v) is 3.07. The van der Waals surface area contributed by atoms with Crippen LogP contribution in [0.1, 0.15) is 47.0 Å². The Kier molecular flexibility index (Phi) is 6.07. The molecule has 1 fully saturated rings. The zero-order valence-corrected chi connectivity index (χ0v) is 12.5. The molecule has 112 valence electrons. The topological polar surface area (TPSA) is 59.0 Å². The number of carbonyl (C=O) groups is 1. The van der Waals surface area contributed by atoms with Crippen LogP contribution in [0.3, 0.4) is 0 Å². The fraction of sp³-hybridized carbons (Fsp3) is 0.929. The summed E-state index contributed by atoms with van der Waals surface area (Å²) in [6.07, 6.45) is 2.43. The van der Waals surface area contributed by atoms with Gasteiger partial charge in [-0.15, -0.1) is 0 Å². The summed E-state index contributed by atoms with van der Waals surface area (Å²) in [5, 5.41) is 9.37. The summed E-state index contributed by atoms with van der Waals surface area (Å²) in [7, 11) is 0. The Balaban J connectivity index is 2.50. The highest BCUT2D eigenvalue weighted by atomic mass is 16.6. The van der Waals surface area contributed by atoms with Gasteiger partial charge in [0.2, 0.25) is 0 Å². The fourth-order valence-corrected chi connectivity index (χ4v) is 2.11. The molecule has 5 heteroatoms. The number of likely N-dealkylation sites (tertiary alicyclic amines) is 1. The van der Waals surface area contributed by atoms with Crippen molar-refractivity contribution in [1.29, 1.82) is 0 Å². The number of ether oxygens (including phenoxy) is 2. The maximum Gasteiger partial charge on any atom is 0.410 e. The van der Waals surface area contributed by atoms with Crippen molar-refractivity contribution in [3.8, 4) is 0 Å². The van der Waals surface area contributed by atoms with E-state index in [1.54, 1.807) is 4.90 Å². The van der Waals surface area contributed by atoms with Crippen LogP contribution in [0.2, 0.25) is 0 Å². The van der Waals surface area contributed by atoms with Gasteiger partial charge in [0.05, 0.1) is 25.3 Å². The van der Waals surface area contributed by atoms with Gasteiger partial charge in [-0.1, -0.05) is 13.3 Å². The van der Waals surface area contributed by atoms with Crippen molar-refractivity contribution in [3.05, 3.63) is 0 Å². The zero-order valence-electron chi connectivity index (χ0n) is 12.5. The monoisotopic (exact) mass is 273 g/mol. The van der Waals surface area contributed by atoms with Crippen LogP contribution in [0.5, 0.6) is 0 Å². The minimum Gasteiger partial charge on any atom is -0.444 e. The van der Waals surface area contributed by atoms with E-state index < -0.39 is 5.60 Å². The van der Waals surface area contributed by atoms with Crippen LogP contribution in [0, 0.1) is 0 Å². The number of amides is 1. The van der Waals surface area contributed by atoms with E-state index in [9.17, 15) is 9.90 Å². The molecule has 1 aliphatic rings. The number of unbranched alkanes of at least 4 members (excludes halogenated alkanes) is 1. The Labute approximate surface area is 115 Å². The average molecular weight is 273 g/mol. The minimum absolute atomic E-state index is 0.0104. The largest absolute Gasteiger partial charge is 0.444 e. The lowest BCUT2D eigenvalue weighted by atomic mass is 10.2. The summed E-state index contributed by atoms with van der Waals surface area (Å²) >= 11 is 0. The lowest BCUT2D eigenvalue weighted by Crippen LogP contribution is -2.41. The van der Waals surface area contributed by atoms with Crippen molar-refractivity contribution < 1.29 is 19.4 Å². The molecule has 0 radical (unpaired) electrons. The molecule has 19 heavy (non-hydrogen) atoms. The molecule has 1 amide bonds. The number of aliphatic hydroxyl groups excluding tert-OH is 1. The summed E-state index contributed by atoms with van der Waals surface area (Å²) in [6, 6.07) is -0.193. The second-order valence-electron chi connectivity index (χ2n) is 6.05. The summed E-state index contributed by atoms with van der Waals surface area (Å²) in [5.74, 6) is 0. The van der Waals surface area contributed by atoms with E-state index in [-0.39, 0.29) is 24.8 Å². The summed E-state index contributed by atoms with van der Waals surface area (Å²) < 4.78 is 11.1. The van der Waals surface area contributed by atoms with Crippen molar-refractivity contribution in [1.82, 2.24) is 4.90 Å². The molecule has 0 spiro atoms. The first-order valence-corrected chi connectivity index (χ1v) is 7.09. The van der Waals surface area contributed by atoms with Crippen LogP contribution < -0.4 is 0 Å². The number of hydrogen-bond acceptors (Lipinski definition) is 4. The van der Waals surface area contributed by atoms with Gasteiger partial charge < -0.3 is 19.5 Å². The predicted molar refractivity (Wildman–Crippen MR) is 73.1 cm³/mol. The van der Waals surface area contributed by atoms with E-state index >= 15 is 0 Å². The van der Waals surface area contributed by atoms with E-state index in [1.807, 2.05) is 20.8 Å². The summed E-state index contributed by atoms with van der Waals surface area (Å²) in [4.78, 5) is 13.6. The Morgan fingerprint density at radius 1 is 1.42 bits per heavy atom. The Bertz CT molecular complexity index is 288. The van der Waals surface area contributed by atoms with Gasteiger partial charge in [-0.25, -0.2) is 4.79 Å². The second-order valence-corrected chi connectivity index (χ2v) is 6.05. The van der Waals surface area contributed by atoms with Crippen LogP contribution in [-0.4, -0.2) is 53.6 Å². The molecule has 1 aliphatic heterocycles. The molecule has 0 bridgehead atoms. The van der Waals surface area contributed by atoms with Crippen LogP contribution in [0.15, 0.2) is 0 Å². The molecule has 0 unspecified atom stereocenters. The van der Waals surface area contributed by atoms with Gasteiger partial charge in [0.1, 0.15) is 5.60 Å². The maximum absolute atomic E-state index is 12.0. The normalized spacial score (nSPS) is 23.7. The summed E-state index contributed by atoms with van der Waals surface area (Å²) in [6.45, 7) is 8.79. The first kappa shape index (κ1) is 16.2. The van der Waals surface area contributed by atoms with E-state index in [0.717, 1.165) is 12.8 Å². The molecule has 1 heterocycles. The number of aliphatic hydroxyl groups is 1. The average Bonchev–Trinajstić information content (AvgIpc) is 2.70. The lowest BCUT2D eigenvalue weighted by Gasteiger charge is -2.27. The molecule has 1 rings (SSSR count). The van der Waals surface area contributed by atoms with Crippen molar-refractivity contribution >= 4 is 6.09 Å². The first-order valence-electron chi connectivity index (χ1n) is 7.09. The van der Waals surface area contributed by atoms with Crippen molar-refractivity contribution in [3.63, 3.8) is 0 Å². The Hall–Kier alpha value is -0.810. The van der Waals surface area contributed by atoms with Gasteiger partial charge in [-0.05, 0) is 33.6 Å². The fourth-order valence-electron chi connectivity index (χ4n) is 2.11. The summed E-state index contributed by atoms with van der Waals surface area (Å²) in [5.41, 5.74) is -0.516. The highest BCUT2D eigenvalue weighted by Gasteiger charge is 2.37. The smallest absolute Gasteiger partial charge is 0.410 e. The highest BCUT2D eigenvalue weighted by Crippen LogP contribution is 2.23. The van der Waals surface area contributed by atoms with E-state index in [1.165, 1.54) is 0 Å². The van der Waals surface area contributed by atoms with Crippen molar-refractivity contribution in [2.24, 2.45) is 0 Å². The van der Waals surface area contributed by atoms with Crippen LogP contribution in [-0.2, 0) is 9.47 Å². The lowest BCUT2D eigenvalue weighted by molar-refractivity contribution is 0.0132. The van der Waals surface area contributed by atoms with Crippen LogP contribution in [0.4, 0.5) is 4.79 Å². The van der Waals surface area contributed by atoms with Gasteiger partial charge in [0, 0.05) is 6.61 Å². The molecule has 0 aromatic heterocycles. The first-order chi connectivity index (χ1) is 8.87. The molecule has 0 aromatic rings. The quantitative estimate of drug-likeness (QED) is 0.780. The molecule has 2 atom stereocenters. The maximum atomic E-state index is 12.0. The minimum atomic E-state index is -0.516. The predicted octanol–water partition coefficient (Wildman–Crippen LogP) is 2.17. The van der Waals surface area contributed by atoms with E-state index in [2.05, 4.69) is 6.92 Å². The molecular formula is C14H27NO4. The molecule has 0 aromatic carbocycles. The van der Waals surface area contributed by atoms with E-state index in [0.29, 0.717) is 19.6 Å². The number of carbonyl (C=O) groups excluding carboxylic acids is 1. The SMILES string of the molecule is CCCCO[C@@H]1C[C@@H](CO)N(C(=O)OC(C)(C)C)C1. The third kappa shape index (κ3) is 5.37. The van der Waals surface area contributed by atoms with Crippen LogP contribution >= 0.6 is 0 Å². The van der Waals surface area contributed by atoms with Gasteiger partial charge in [-0.3, -0.25) is 0 Å². The standard InChI is InChI=1S/C14H27NO4/c1-5-6-7-18-12-8-11(10-16)15(9-12)13(17)19-14(2,3)4/h11-12,16H,5-10H2,1-4H3/t11-,12+/m0/s1. The highest BCUT2D eigenvalue weighted by molar-refractivity contribution is 5.69. The molecule has 0 aliphatic carbocycles. The molecule has 0 saturated carbocycles. The number of rotatable bonds is 5. The van der Waals surface area contributed by atoms with Crippen LogP contribution in [0.25, 0.3) is 0 Å². The van der Waals surface area contributed by atoms with Gasteiger partial charge in [0.15, 0.2) is 0 Å². The Morgan fingerprint density at radius 2 is 2.11 bits per heavy atom. The van der Waals surface area contributed by atoms with Crippen molar-refractivity contribution in [2.45, 2.75) is 64.7 Å². The molecule has 1 saturated heterocycles. The number of nitrogens with zero attached hydrogens (tertiary/aromatic N) is 1. The molecular weight excluding hydrogens is 246 g/mol. The Morgan fingerprint density at radius 3 is 2.63 bits per heavy atom. The number of hydrogen-bond donors (Lipinski definition) is 1. The third-order valence-electron chi connectivity index (χ3n) is 3.07. The second kappa shape index (κ2) is 7.10. The van der Waals surface area contributed by atoms with Crippen molar-refractivity contribution in [2.75, 3.05) is 19.8 Å².